The molecule has 2 rings (SSSR count). The fourth-order valence-electron chi connectivity index (χ4n) is 1.95. The molecular formula is C14H17N3O2. The summed E-state index contributed by atoms with van der Waals surface area (Å²) in [5.74, 6) is -0.264. The molecule has 19 heavy (non-hydrogen) atoms. The van der Waals surface area contributed by atoms with E-state index in [0.29, 0.717) is 18.8 Å². The van der Waals surface area contributed by atoms with Gasteiger partial charge in [0.05, 0.1) is 0 Å². The number of benzene rings is 1. The molecule has 1 aromatic carbocycles. The number of piperazine rings is 1. The Morgan fingerprint density at radius 2 is 2.11 bits per heavy atom. The van der Waals surface area contributed by atoms with Crippen LogP contribution in [0.4, 0.5) is 5.69 Å². The molecule has 1 atom stereocenters. The Morgan fingerprint density at radius 1 is 1.42 bits per heavy atom. The third-order valence-electron chi connectivity index (χ3n) is 3.14. The van der Waals surface area contributed by atoms with Crippen LogP contribution in [0.3, 0.4) is 0 Å². The van der Waals surface area contributed by atoms with Gasteiger partial charge in [-0.3, -0.25) is 9.59 Å². The molecule has 1 aromatic rings. The van der Waals surface area contributed by atoms with E-state index in [4.69, 9.17) is 5.73 Å². The smallest absolute Gasteiger partial charge is 0.247 e. The van der Waals surface area contributed by atoms with Crippen molar-refractivity contribution in [3.05, 3.63) is 35.9 Å². The zero-order valence-electron chi connectivity index (χ0n) is 10.8. The van der Waals surface area contributed by atoms with Crippen molar-refractivity contribution in [1.82, 2.24) is 10.2 Å². The first-order valence-electron chi connectivity index (χ1n) is 6.20. The summed E-state index contributed by atoms with van der Waals surface area (Å²) < 4.78 is 0. The van der Waals surface area contributed by atoms with Crippen molar-refractivity contribution in [3.8, 4) is 0 Å². The van der Waals surface area contributed by atoms with E-state index >= 15 is 0 Å². The molecule has 100 valence electrons. The highest BCUT2D eigenvalue weighted by Gasteiger charge is 2.27. The standard InChI is InChI=1S/C14H17N3O2/c1-10-14(19)16-8-9-17(10)13(18)7-4-11-2-5-12(15)6-3-11/h2-7,10H,8-9,15H2,1H3,(H,16,19)/b7-4+. The van der Waals surface area contributed by atoms with Crippen LogP contribution in [-0.2, 0) is 9.59 Å². The van der Waals surface area contributed by atoms with E-state index in [9.17, 15) is 9.59 Å². The van der Waals surface area contributed by atoms with Gasteiger partial charge in [0.1, 0.15) is 6.04 Å². The summed E-state index contributed by atoms with van der Waals surface area (Å²) in [6.07, 6.45) is 3.21. The van der Waals surface area contributed by atoms with E-state index in [1.807, 2.05) is 12.1 Å². The van der Waals surface area contributed by atoms with Crippen LogP contribution in [0.5, 0.6) is 0 Å². The number of hydrogen-bond acceptors (Lipinski definition) is 3. The number of anilines is 1. The second kappa shape index (κ2) is 5.56. The van der Waals surface area contributed by atoms with Crippen LogP contribution in [-0.4, -0.2) is 35.8 Å². The Balaban J connectivity index is 2.04. The molecule has 1 fully saturated rings. The number of carbonyl (C=O) groups excluding carboxylic acids is 2. The molecule has 1 heterocycles. The summed E-state index contributed by atoms with van der Waals surface area (Å²) in [5, 5.41) is 2.73. The van der Waals surface area contributed by atoms with Gasteiger partial charge in [-0.2, -0.15) is 0 Å². The summed E-state index contributed by atoms with van der Waals surface area (Å²) in [6, 6.07) is 6.82. The number of carbonyl (C=O) groups is 2. The minimum absolute atomic E-state index is 0.111. The van der Waals surface area contributed by atoms with Crippen LogP contribution in [0.25, 0.3) is 6.08 Å². The van der Waals surface area contributed by atoms with Gasteiger partial charge in [-0.25, -0.2) is 0 Å². The third-order valence-corrected chi connectivity index (χ3v) is 3.14. The fourth-order valence-corrected chi connectivity index (χ4v) is 1.95. The minimum atomic E-state index is -0.419. The largest absolute Gasteiger partial charge is 0.399 e. The molecule has 0 radical (unpaired) electrons. The van der Waals surface area contributed by atoms with Crippen LogP contribution in [0, 0.1) is 0 Å². The third kappa shape index (κ3) is 3.13. The number of nitrogens with one attached hydrogen (secondary N) is 1. The quantitative estimate of drug-likeness (QED) is 0.604. The van der Waals surface area contributed by atoms with Crippen LogP contribution in [0.1, 0.15) is 12.5 Å². The monoisotopic (exact) mass is 259 g/mol. The summed E-state index contributed by atoms with van der Waals surface area (Å²) in [7, 11) is 0. The Morgan fingerprint density at radius 3 is 2.79 bits per heavy atom. The van der Waals surface area contributed by atoms with Gasteiger partial charge in [0.2, 0.25) is 11.8 Å². The Bertz CT molecular complexity index is 508. The van der Waals surface area contributed by atoms with E-state index < -0.39 is 6.04 Å². The number of nitrogen functional groups attached to an aromatic ring is 1. The molecule has 0 spiro atoms. The highest BCUT2D eigenvalue weighted by Crippen LogP contribution is 2.09. The lowest BCUT2D eigenvalue weighted by atomic mass is 10.1. The van der Waals surface area contributed by atoms with Gasteiger partial charge in [0, 0.05) is 24.9 Å². The molecule has 5 heteroatoms. The molecule has 0 aromatic heterocycles. The van der Waals surface area contributed by atoms with Crippen molar-refractivity contribution in [1.29, 1.82) is 0 Å². The molecule has 1 saturated heterocycles. The molecule has 3 N–H and O–H groups in total. The molecule has 1 unspecified atom stereocenters. The van der Waals surface area contributed by atoms with E-state index in [-0.39, 0.29) is 11.8 Å². The zero-order valence-corrected chi connectivity index (χ0v) is 10.8. The van der Waals surface area contributed by atoms with Crippen molar-refractivity contribution in [2.24, 2.45) is 0 Å². The maximum absolute atomic E-state index is 12.0. The summed E-state index contributed by atoms with van der Waals surface area (Å²) in [5.41, 5.74) is 7.17. The second-order valence-corrected chi connectivity index (χ2v) is 4.50. The molecule has 0 bridgehead atoms. The van der Waals surface area contributed by atoms with E-state index in [1.54, 1.807) is 30.0 Å². The van der Waals surface area contributed by atoms with Gasteiger partial charge in [-0.05, 0) is 30.7 Å². The van der Waals surface area contributed by atoms with Crippen LogP contribution in [0.15, 0.2) is 30.3 Å². The average molecular weight is 259 g/mol. The molecular weight excluding hydrogens is 242 g/mol. The van der Waals surface area contributed by atoms with Crippen molar-refractivity contribution in [2.75, 3.05) is 18.8 Å². The normalized spacial score (nSPS) is 19.5. The number of nitrogens with zero attached hydrogens (tertiary/aromatic N) is 1. The Kier molecular flexibility index (Phi) is 3.85. The Labute approximate surface area is 112 Å². The first-order valence-corrected chi connectivity index (χ1v) is 6.20. The van der Waals surface area contributed by atoms with Crippen molar-refractivity contribution >= 4 is 23.6 Å². The molecule has 2 amide bonds. The van der Waals surface area contributed by atoms with Crippen molar-refractivity contribution in [3.63, 3.8) is 0 Å². The van der Waals surface area contributed by atoms with Crippen LogP contribution in [0.2, 0.25) is 0 Å². The maximum atomic E-state index is 12.0. The first kappa shape index (κ1) is 13.1. The molecule has 0 saturated carbocycles. The molecule has 5 nitrogen and oxygen atoms in total. The van der Waals surface area contributed by atoms with Gasteiger partial charge < -0.3 is 16.0 Å². The topological polar surface area (TPSA) is 75.4 Å². The highest BCUT2D eigenvalue weighted by atomic mass is 16.2. The first-order chi connectivity index (χ1) is 9.08. The molecule has 1 aliphatic heterocycles. The summed E-state index contributed by atoms with van der Waals surface area (Å²) >= 11 is 0. The second-order valence-electron chi connectivity index (χ2n) is 4.50. The van der Waals surface area contributed by atoms with Crippen molar-refractivity contribution in [2.45, 2.75) is 13.0 Å². The number of nitrogens with two attached hydrogens (primary N) is 1. The van der Waals surface area contributed by atoms with Crippen LogP contribution >= 0.6 is 0 Å². The fraction of sp³-hybridized carbons (Fsp3) is 0.286. The molecule has 1 aliphatic rings. The number of rotatable bonds is 2. The van der Waals surface area contributed by atoms with E-state index in [2.05, 4.69) is 5.32 Å². The SMILES string of the molecule is CC1C(=O)NCCN1C(=O)/C=C/c1ccc(N)cc1. The van der Waals surface area contributed by atoms with Gasteiger partial charge in [-0.1, -0.05) is 12.1 Å². The lowest BCUT2D eigenvalue weighted by molar-refractivity contribution is -0.139. The predicted molar refractivity (Wildman–Crippen MR) is 74.1 cm³/mol. The summed E-state index contributed by atoms with van der Waals surface area (Å²) in [4.78, 5) is 25.1. The average Bonchev–Trinajstić information content (AvgIpc) is 2.41. The van der Waals surface area contributed by atoms with Crippen molar-refractivity contribution < 1.29 is 9.59 Å². The van der Waals surface area contributed by atoms with Gasteiger partial charge in [-0.15, -0.1) is 0 Å². The predicted octanol–water partition coefficient (Wildman–Crippen LogP) is 0.629. The van der Waals surface area contributed by atoms with Crippen LogP contribution < -0.4 is 11.1 Å². The molecule has 0 aliphatic carbocycles. The highest BCUT2D eigenvalue weighted by molar-refractivity contribution is 5.96. The maximum Gasteiger partial charge on any atom is 0.247 e. The van der Waals surface area contributed by atoms with Gasteiger partial charge >= 0.3 is 0 Å². The van der Waals surface area contributed by atoms with E-state index in [0.717, 1.165) is 5.56 Å². The zero-order chi connectivity index (χ0) is 13.8. The van der Waals surface area contributed by atoms with Gasteiger partial charge in [0.25, 0.3) is 0 Å². The lowest BCUT2D eigenvalue weighted by Crippen LogP contribution is -2.55. The van der Waals surface area contributed by atoms with E-state index in [1.165, 1.54) is 6.08 Å². The number of amides is 2. The minimum Gasteiger partial charge on any atom is -0.399 e. The Hall–Kier alpha value is -2.30. The number of hydrogen-bond donors (Lipinski definition) is 2. The summed E-state index contributed by atoms with van der Waals surface area (Å²) in [6.45, 7) is 2.77. The lowest BCUT2D eigenvalue weighted by Gasteiger charge is -2.31. The van der Waals surface area contributed by atoms with Gasteiger partial charge in [0.15, 0.2) is 0 Å².